The highest BCUT2D eigenvalue weighted by Crippen LogP contribution is 2.32. The molecule has 4 aromatic rings. The summed E-state index contributed by atoms with van der Waals surface area (Å²) in [4.78, 5) is 19.3. The molecular formula is C24H27N5O3S. The van der Waals surface area contributed by atoms with Gasteiger partial charge in [-0.15, -0.1) is 0 Å². The summed E-state index contributed by atoms with van der Waals surface area (Å²) in [5.41, 5.74) is 3.59. The number of likely N-dealkylation sites (N-methyl/N-ethyl adjacent to an activating group) is 1. The van der Waals surface area contributed by atoms with Gasteiger partial charge in [-0.05, 0) is 55.8 Å². The first-order valence-electron chi connectivity index (χ1n) is 10.5. The summed E-state index contributed by atoms with van der Waals surface area (Å²) in [5, 5.41) is 8.45. The molecule has 33 heavy (non-hydrogen) atoms. The fraction of sp³-hybridized carbons (Fsp3) is 0.292. The van der Waals surface area contributed by atoms with Gasteiger partial charge in [0.15, 0.2) is 10.8 Å². The van der Waals surface area contributed by atoms with Gasteiger partial charge in [-0.3, -0.25) is 4.79 Å². The Hall–Kier alpha value is -3.59. The third-order valence-corrected chi connectivity index (χ3v) is 6.66. The minimum absolute atomic E-state index is 0.0754. The monoisotopic (exact) mass is 465 g/mol. The van der Waals surface area contributed by atoms with E-state index in [-0.39, 0.29) is 18.5 Å². The van der Waals surface area contributed by atoms with E-state index in [2.05, 4.69) is 10.4 Å². The number of carbonyl (C=O) groups excluding carboxylic acids is 1. The Bertz CT molecular complexity index is 1250. The van der Waals surface area contributed by atoms with Crippen LogP contribution < -0.4 is 19.7 Å². The van der Waals surface area contributed by atoms with E-state index in [4.69, 9.17) is 14.5 Å². The average Bonchev–Trinajstić information content (AvgIpc) is 3.40. The lowest BCUT2D eigenvalue weighted by atomic mass is 10.1. The number of methoxy groups -OCH3 is 2. The van der Waals surface area contributed by atoms with Crippen molar-refractivity contribution in [1.82, 2.24) is 20.1 Å². The number of hydrogen-bond donors (Lipinski definition) is 1. The molecule has 0 radical (unpaired) electrons. The Morgan fingerprint density at radius 1 is 1.09 bits per heavy atom. The lowest BCUT2D eigenvalue weighted by Crippen LogP contribution is -2.36. The van der Waals surface area contributed by atoms with Gasteiger partial charge in [-0.1, -0.05) is 23.5 Å². The summed E-state index contributed by atoms with van der Waals surface area (Å²) in [6, 6.07) is 15.3. The SMILES string of the molecule is COc1ccc(C(C)NC(=O)CN(C)c2nc3c(s2)c(C)nn3-c2ccc(OC)cc2)cc1. The Morgan fingerprint density at radius 2 is 1.70 bits per heavy atom. The third-order valence-electron chi connectivity index (χ3n) is 5.39. The molecule has 2 aromatic heterocycles. The Morgan fingerprint density at radius 3 is 2.30 bits per heavy atom. The molecule has 9 heteroatoms. The second kappa shape index (κ2) is 9.50. The molecule has 0 saturated heterocycles. The summed E-state index contributed by atoms with van der Waals surface area (Å²) >= 11 is 1.53. The molecule has 0 aliphatic heterocycles. The number of ether oxygens (including phenoxy) is 2. The number of aryl methyl sites for hydroxylation is 1. The van der Waals surface area contributed by atoms with Gasteiger partial charge in [0.2, 0.25) is 5.91 Å². The van der Waals surface area contributed by atoms with Gasteiger partial charge in [-0.2, -0.15) is 10.1 Å². The van der Waals surface area contributed by atoms with E-state index < -0.39 is 0 Å². The molecule has 172 valence electrons. The molecule has 4 rings (SSSR count). The smallest absolute Gasteiger partial charge is 0.240 e. The fourth-order valence-electron chi connectivity index (χ4n) is 3.54. The van der Waals surface area contributed by atoms with E-state index in [1.54, 1.807) is 14.2 Å². The molecule has 0 aliphatic rings. The Balaban J connectivity index is 1.47. The maximum Gasteiger partial charge on any atom is 0.240 e. The number of hydrogen-bond acceptors (Lipinski definition) is 7. The van der Waals surface area contributed by atoms with Gasteiger partial charge < -0.3 is 19.7 Å². The standard InChI is InChI=1S/C24H27N5O3S/c1-15(17-6-10-19(31-4)11-7-17)25-21(30)14-28(3)24-26-23-22(33-24)16(2)27-29(23)18-8-12-20(32-5)13-9-18/h6-13,15H,14H2,1-5H3,(H,25,30). The topological polar surface area (TPSA) is 81.5 Å². The van der Waals surface area contributed by atoms with Crippen molar-refractivity contribution in [3.63, 3.8) is 0 Å². The van der Waals surface area contributed by atoms with Crippen LogP contribution in [-0.4, -0.2) is 48.5 Å². The number of rotatable bonds is 8. The molecule has 2 heterocycles. The van der Waals surface area contributed by atoms with Crippen LogP contribution in [0.5, 0.6) is 11.5 Å². The summed E-state index contributed by atoms with van der Waals surface area (Å²) in [6.07, 6.45) is 0. The first-order chi connectivity index (χ1) is 15.9. The molecule has 0 bridgehead atoms. The zero-order valence-electron chi connectivity index (χ0n) is 19.3. The number of carbonyl (C=O) groups is 1. The van der Waals surface area contributed by atoms with E-state index in [0.717, 1.165) is 43.9 Å². The van der Waals surface area contributed by atoms with Crippen LogP contribution >= 0.6 is 11.3 Å². The predicted molar refractivity (Wildman–Crippen MR) is 131 cm³/mol. The van der Waals surface area contributed by atoms with Gasteiger partial charge in [0.25, 0.3) is 0 Å². The number of fused-ring (bicyclic) bond motifs is 1. The molecule has 0 spiro atoms. The predicted octanol–water partition coefficient (Wildman–Crippen LogP) is 4.12. The Kier molecular flexibility index (Phi) is 6.50. The highest BCUT2D eigenvalue weighted by molar-refractivity contribution is 7.22. The second-order valence-corrected chi connectivity index (χ2v) is 8.74. The van der Waals surface area contributed by atoms with Gasteiger partial charge in [0.1, 0.15) is 11.5 Å². The van der Waals surface area contributed by atoms with Gasteiger partial charge >= 0.3 is 0 Å². The zero-order valence-corrected chi connectivity index (χ0v) is 20.1. The van der Waals surface area contributed by atoms with Crippen LogP contribution in [0.15, 0.2) is 48.5 Å². The first kappa shape index (κ1) is 22.6. The normalized spacial score (nSPS) is 11.9. The average molecular weight is 466 g/mol. The number of anilines is 1. The quantitative estimate of drug-likeness (QED) is 0.422. The van der Waals surface area contributed by atoms with E-state index in [9.17, 15) is 4.79 Å². The minimum atomic E-state index is -0.113. The molecule has 1 atom stereocenters. The van der Waals surface area contributed by atoms with Gasteiger partial charge in [0.05, 0.1) is 42.9 Å². The van der Waals surface area contributed by atoms with Gasteiger partial charge in [0, 0.05) is 7.05 Å². The van der Waals surface area contributed by atoms with Crippen LogP contribution in [0.25, 0.3) is 16.0 Å². The molecule has 1 unspecified atom stereocenters. The number of aromatic nitrogens is 3. The number of thiazole rings is 1. The van der Waals surface area contributed by atoms with Crippen LogP contribution in [-0.2, 0) is 4.79 Å². The van der Waals surface area contributed by atoms with Crippen molar-refractivity contribution in [2.45, 2.75) is 19.9 Å². The number of amides is 1. The minimum Gasteiger partial charge on any atom is -0.497 e. The first-order valence-corrected chi connectivity index (χ1v) is 11.4. The van der Waals surface area contributed by atoms with Crippen LogP contribution in [0, 0.1) is 6.92 Å². The summed E-state index contributed by atoms with van der Waals surface area (Å²) < 4.78 is 13.3. The highest BCUT2D eigenvalue weighted by atomic mass is 32.1. The van der Waals surface area contributed by atoms with Crippen molar-refractivity contribution in [3.05, 3.63) is 59.8 Å². The maximum atomic E-state index is 12.7. The Labute approximate surface area is 196 Å². The highest BCUT2D eigenvalue weighted by Gasteiger charge is 2.19. The van der Waals surface area contributed by atoms with Crippen LogP contribution in [0.1, 0.15) is 24.2 Å². The zero-order chi connectivity index (χ0) is 23.5. The molecule has 0 aliphatic carbocycles. The molecule has 2 aromatic carbocycles. The number of nitrogens with one attached hydrogen (secondary N) is 1. The van der Waals surface area contributed by atoms with Crippen molar-refractivity contribution in [2.75, 3.05) is 32.7 Å². The van der Waals surface area contributed by atoms with Crippen molar-refractivity contribution in [1.29, 1.82) is 0 Å². The fourth-order valence-corrected chi connectivity index (χ4v) is 4.48. The largest absolute Gasteiger partial charge is 0.497 e. The molecule has 8 nitrogen and oxygen atoms in total. The van der Waals surface area contributed by atoms with Crippen LogP contribution in [0.3, 0.4) is 0 Å². The third kappa shape index (κ3) is 4.78. The van der Waals surface area contributed by atoms with Crippen molar-refractivity contribution < 1.29 is 14.3 Å². The second-order valence-electron chi connectivity index (χ2n) is 7.76. The molecular weight excluding hydrogens is 438 g/mol. The lowest BCUT2D eigenvalue weighted by molar-refractivity contribution is -0.120. The van der Waals surface area contributed by atoms with Crippen molar-refractivity contribution in [2.24, 2.45) is 0 Å². The van der Waals surface area contributed by atoms with E-state index in [1.807, 2.05) is 79.0 Å². The van der Waals surface area contributed by atoms with Crippen molar-refractivity contribution >= 4 is 32.7 Å². The number of benzene rings is 2. The van der Waals surface area contributed by atoms with E-state index >= 15 is 0 Å². The van der Waals surface area contributed by atoms with Crippen LogP contribution in [0.4, 0.5) is 5.13 Å². The van der Waals surface area contributed by atoms with Crippen LogP contribution in [0.2, 0.25) is 0 Å². The molecule has 0 saturated carbocycles. The number of nitrogens with zero attached hydrogens (tertiary/aromatic N) is 4. The summed E-state index contributed by atoms with van der Waals surface area (Å²) in [6.45, 7) is 4.13. The summed E-state index contributed by atoms with van der Waals surface area (Å²) in [7, 11) is 5.14. The molecule has 1 N–H and O–H groups in total. The van der Waals surface area contributed by atoms with Gasteiger partial charge in [-0.25, -0.2) is 4.68 Å². The maximum absolute atomic E-state index is 12.7. The molecule has 0 fully saturated rings. The lowest BCUT2D eigenvalue weighted by Gasteiger charge is -2.19. The van der Waals surface area contributed by atoms with E-state index in [1.165, 1.54) is 11.3 Å². The van der Waals surface area contributed by atoms with E-state index in [0.29, 0.717) is 0 Å². The van der Waals surface area contributed by atoms with Crippen molar-refractivity contribution in [3.8, 4) is 17.2 Å². The molecule has 1 amide bonds. The summed E-state index contributed by atoms with van der Waals surface area (Å²) in [5.74, 6) is 1.50.